The number of nitrogens with two attached hydrogens (primary N) is 1. The number of esters is 1. The van der Waals surface area contributed by atoms with Crippen LogP contribution in [0.5, 0.6) is 0 Å². The molecule has 1 unspecified atom stereocenters. The van der Waals surface area contributed by atoms with Crippen molar-refractivity contribution in [1.82, 2.24) is 20.6 Å². The van der Waals surface area contributed by atoms with Gasteiger partial charge in [-0.2, -0.15) is 5.21 Å². The molecule has 90 valence electrons. The summed E-state index contributed by atoms with van der Waals surface area (Å²) in [4.78, 5) is 11.5. The minimum atomic E-state index is -0.655. The molecule has 1 heterocycles. The predicted molar refractivity (Wildman–Crippen MR) is 56.3 cm³/mol. The highest BCUT2D eigenvalue weighted by Crippen LogP contribution is 2.09. The number of hydrogen-bond acceptors (Lipinski definition) is 6. The Hall–Kier alpha value is -1.50. The molecule has 1 aromatic heterocycles. The molecule has 7 heteroatoms. The number of ether oxygens (including phenoxy) is 1. The Balaban J connectivity index is 2.35. The SMILES string of the molecule is CC(C)(C)OC(=O)C(N)CCc1nn[nH]n1. The lowest BCUT2D eigenvalue weighted by molar-refractivity contribution is -0.156. The Morgan fingerprint density at radius 2 is 2.25 bits per heavy atom. The Kier molecular flexibility index (Phi) is 3.94. The number of aromatic nitrogens is 4. The molecule has 0 saturated heterocycles. The van der Waals surface area contributed by atoms with Crippen molar-refractivity contribution in [2.75, 3.05) is 0 Å². The van der Waals surface area contributed by atoms with Crippen LogP contribution in [0.25, 0.3) is 0 Å². The Morgan fingerprint density at radius 3 is 2.75 bits per heavy atom. The summed E-state index contributed by atoms with van der Waals surface area (Å²) in [5.74, 6) is 0.134. The van der Waals surface area contributed by atoms with Crippen LogP contribution < -0.4 is 5.73 Å². The second-order valence-electron chi connectivity index (χ2n) is 4.51. The van der Waals surface area contributed by atoms with Gasteiger partial charge in [0, 0.05) is 6.42 Å². The second kappa shape index (κ2) is 5.02. The first-order valence-electron chi connectivity index (χ1n) is 5.09. The minimum absolute atomic E-state index is 0.406. The third kappa shape index (κ3) is 4.35. The maximum absolute atomic E-state index is 11.5. The van der Waals surface area contributed by atoms with Crippen LogP contribution in [0.15, 0.2) is 0 Å². The number of nitrogens with zero attached hydrogens (tertiary/aromatic N) is 3. The lowest BCUT2D eigenvalue weighted by Gasteiger charge is -2.21. The number of rotatable bonds is 4. The van der Waals surface area contributed by atoms with Crippen molar-refractivity contribution in [2.45, 2.75) is 45.3 Å². The van der Waals surface area contributed by atoms with Crippen LogP contribution in [0.4, 0.5) is 0 Å². The average molecular weight is 227 g/mol. The zero-order chi connectivity index (χ0) is 12.2. The molecule has 0 spiro atoms. The molecular weight excluding hydrogens is 210 g/mol. The van der Waals surface area contributed by atoms with E-state index in [0.717, 1.165) is 0 Å². The smallest absolute Gasteiger partial charge is 0.323 e. The van der Waals surface area contributed by atoms with Crippen LogP contribution in [0, 0.1) is 0 Å². The predicted octanol–water partition coefficient (Wildman–Crippen LogP) is -0.199. The van der Waals surface area contributed by atoms with Crippen LogP contribution >= 0.6 is 0 Å². The average Bonchev–Trinajstić information content (AvgIpc) is 2.63. The Bertz CT molecular complexity index is 330. The molecule has 0 aliphatic rings. The lowest BCUT2D eigenvalue weighted by atomic mass is 10.1. The summed E-state index contributed by atoms with van der Waals surface area (Å²) < 4.78 is 5.14. The summed E-state index contributed by atoms with van der Waals surface area (Å²) in [5.41, 5.74) is 5.17. The van der Waals surface area contributed by atoms with Gasteiger partial charge < -0.3 is 10.5 Å². The minimum Gasteiger partial charge on any atom is -0.459 e. The van der Waals surface area contributed by atoms with E-state index in [-0.39, 0.29) is 0 Å². The molecule has 0 aliphatic carbocycles. The van der Waals surface area contributed by atoms with Gasteiger partial charge in [0.15, 0.2) is 5.82 Å². The van der Waals surface area contributed by atoms with Crippen molar-refractivity contribution in [3.05, 3.63) is 5.82 Å². The monoisotopic (exact) mass is 227 g/mol. The van der Waals surface area contributed by atoms with Crippen molar-refractivity contribution in [3.8, 4) is 0 Å². The zero-order valence-corrected chi connectivity index (χ0v) is 9.73. The largest absolute Gasteiger partial charge is 0.459 e. The van der Waals surface area contributed by atoms with Gasteiger partial charge in [0.25, 0.3) is 0 Å². The highest BCUT2D eigenvalue weighted by molar-refractivity contribution is 5.75. The fraction of sp³-hybridized carbons (Fsp3) is 0.778. The van der Waals surface area contributed by atoms with E-state index in [0.29, 0.717) is 18.7 Å². The number of tetrazole rings is 1. The van der Waals surface area contributed by atoms with Crippen LogP contribution in [-0.2, 0) is 16.0 Å². The summed E-state index contributed by atoms with van der Waals surface area (Å²) in [6.45, 7) is 5.41. The summed E-state index contributed by atoms with van der Waals surface area (Å²) in [6, 6.07) is -0.655. The number of aromatic amines is 1. The number of hydrogen-bond donors (Lipinski definition) is 2. The number of H-pyrrole nitrogens is 1. The molecule has 0 bridgehead atoms. The van der Waals surface area contributed by atoms with E-state index in [1.165, 1.54) is 0 Å². The summed E-state index contributed by atoms with van der Waals surface area (Å²) in [6.07, 6.45) is 0.936. The van der Waals surface area contributed by atoms with E-state index in [1.54, 1.807) is 20.8 Å². The van der Waals surface area contributed by atoms with Gasteiger partial charge in [-0.25, -0.2) is 0 Å². The van der Waals surface area contributed by atoms with Crippen LogP contribution in [0.1, 0.15) is 33.0 Å². The van der Waals surface area contributed by atoms with Crippen molar-refractivity contribution >= 4 is 5.97 Å². The molecule has 0 radical (unpaired) electrons. The highest BCUT2D eigenvalue weighted by atomic mass is 16.6. The molecule has 0 amide bonds. The van der Waals surface area contributed by atoms with E-state index in [2.05, 4.69) is 20.6 Å². The van der Waals surface area contributed by atoms with E-state index in [9.17, 15) is 4.79 Å². The van der Waals surface area contributed by atoms with Crippen LogP contribution in [0.3, 0.4) is 0 Å². The van der Waals surface area contributed by atoms with Gasteiger partial charge in [0.05, 0.1) is 0 Å². The van der Waals surface area contributed by atoms with Crippen molar-refractivity contribution in [1.29, 1.82) is 0 Å². The number of aryl methyl sites for hydroxylation is 1. The summed E-state index contributed by atoms with van der Waals surface area (Å²) >= 11 is 0. The molecule has 0 saturated carbocycles. The van der Waals surface area contributed by atoms with Gasteiger partial charge >= 0.3 is 5.97 Å². The molecule has 1 rings (SSSR count). The van der Waals surface area contributed by atoms with E-state index in [4.69, 9.17) is 10.5 Å². The number of nitrogens with one attached hydrogen (secondary N) is 1. The second-order valence-corrected chi connectivity index (χ2v) is 4.51. The first-order valence-corrected chi connectivity index (χ1v) is 5.09. The molecule has 7 nitrogen and oxygen atoms in total. The quantitative estimate of drug-likeness (QED) is 0.690. The van der Waals surface area contributed by atoms with Crippen molar-refractivity contribution < 1.29 is 9.53 Å². The molecule has 16 heavy (non-hydrogen) atoms. The van der Waals surface area contributed by atoms with Gasteiger partial charge in [-0.1, -0.05) is 5.21 Å². The zero-order valence-electron chi connectivity index (χ0n) is 9.73. The van der Waals surface area contributed by atoms with Gasteiger partial charge in [-0.3, -0.25) is 4.79 Å². The van der Waals surface area contributed by atoms with Gasteiger partial charge in [-0.15, -0.1) is 10.2 Å². The standard InChI is InChI=1S/C9H17N5O2/c1-9(2,3)16-8(15)6(10)4-5-7-11-13-14-12-7/h6H,4-5,10H2,1-3H3,(H,11,12,13,14). The summed E-state index contributed by atoms with van der Waals surface area (Å²) in [5, 5.41) is 13.3. The Morgan fingerprint density at radius 1 is 1.56 bits per heavy atom. The van der Waals surface area contributed by atoms with Crippen molar-refractivity contribution in [2.24, 2.45) is 5.73 Å². The molecule has 0 aromatic carbocycles. The fourth-order valence-corrected chi connectivity index (χ4v) is 1.07. The maximum atomic E-state index is 11.5. The fourth-order valence-electron chi connectivity index (χ4n) is 1.07. The van der Waals surface area contributed by atoms with Gasteiger partial charge in [0.2, 0.25) is 0 Å². The molecule has 0 fully saturated rings. The summed E-state index contributed by atoms with van der Waals surface area (Å²) in [7, 11) is 0. The number of carbonyl (C=O) groups excluding carboxylic acids is 1. The number of carbonyl (C=O) groups is 1. The van der Waals surface area contributed by atoms with E-state index in [1.807, 2.05) is 0 Å². The molecular formula is C9H17N5O2. The maximum Gasteiger partial charge on any atom is 0.323 e. The molecule has 3 N–H and O–H groups in total. The van der Waals surface area contributed by atoms with Crippen LogP contribution in [-0.4, -0.2) is 38.2 Å². The van der Waals surface area contributed by atoms with Gasteiger partial charge in [-0.05, 0) is 27.2 Å². The molecule has 1 atom stereocenters. The molecule has 1 aromatic rings. The molecule has 0 aliphatic heterocycles. The normalized spacial score (nSPS) is 13.5. The third-order valence-corrected chi connectivity index (χ3v) is 1.78. The van der Waals surface area contributed by atoms with E-state index < -0.39 is 17.6 Å². The third-order valence-electron chi connectivity index (χ3n) is 1.78. The topological polar surface area (TPSA) is 107 Å². The first-order chi connectivity index (χ1) is 7.38. The van der Waals surface area contributed by atoms with Crippen molar-refractivity contribution in [3.63, 3.8) is 0 Å². The Labute approximate surface area is 93.7 Å². The highest BCUT2D eigenvalue weighted by Gasteiger charge is 2.22. The van der Waals surface area contributed by atoms with Gasteiger partial charge in [0.1, 0.15) is 11.6 Å². The van der Waals surface area contributed by atoms with E-state index >= 15 is 0 Å². The lowest BCUT2D eigenvalue weighted by Crippen LogP contribution is -2.37. The first kappa shape index (κ1) is 12.6. The van der Waals surface area contributed by atoms with Crippen LogP contribution in [0.2, 0.25) is 0 Å².